The molecule has 0 aromatic carbocycles. The molecule has 4 N–H and O–H groups in total. The van der Waals surface area contributed by atoms with E-state index >= 15 is 0 Å². The third-order valence-corrected chi connectivity index (χ3v) is 7.40. The van der Waals surface area contributed by atoms with Gasteiger partial charge >= 0.3 is 0 Å². The summed E-state index contributed by atoms with van der Waals surface area (Å²) in [5.41, 5.74) is 0. The van der Waals surface area contributed by atoms with Gasteiger partial charge in [0.1, 0.15) is 6.04 Å². The van der Waals surface area contributed by atoms with Crippen LogP contribution in [0.25, 0.3) is 0 Å². The molecule has 4 amide bonds. The van der Waals surface area contributed by atoms with Crippen LogP contribution in [0.3, 0.4) is 0 Å². The van der Waals surface area contributed by atoms with Gasteiger partial charge in [0, 0.05) is 26.1 Å². The lowest BCUT2D eigenvalue weighted by atomic mass is 10.1. The minimum absolute atomic E-state index is 0.0748. The first kappa shape index (κ1) is 39.8. The van der Waals surface area contributed by atoms with Gasteiger partial charge in [-0.25, -0.2) is 0 Å². The molecule has 12 heteroatoms. The second kappa shape index (κ2) is 30.2. The van der Waals surface area contributed by atoms with E-state index in [2.05, 4.69) is 60.1 Å². The van der Waals surface area contributed by atoms with Crippen molar-refractivity contribution in [2.24, 2.45) is 0 Å². The van der Waals surface area contributed by atoms with Crippen LogP contribution in [-0.2, 0) is 28.7 Å². The van der Waals surface area contributed by atoms with Crippen LogP contribution < -0.4 is 21.3 Å². The summed E-state index contributed by atoms with van der Waals surface area (Å²) in [6.07, 6.45) is 15.5. The predicted molar refractivity (Wildman–Crippen MR) is 170 cm³/mol. The molecule has 0 rings (SSSR count). The van der Waals surface area contributed by atoms with Crippen molar-refractivity contribution in [3.63, 3.8) is 0 Å². The molecule has 0 aliphatic carbocycles. The van der Waals surface area contributed by atoms with Crippen LogP contribution in [0.1, 0.15) is 96.8 Å². The SMILES string of the molecule is CCCCCCCCCCCCCC(=O)NCCOCCOCCNC(=O)[C@H](CCCNC(=O)CBr)NC(=O)CBr. The average molecular weight is 715 g/mol. The lowest BCUT2D eigenvalue weighted by Crippen LogP contribution is -2.48. The molecule has 240 valence electrons. The first-order valence-corrected chi connectivity index (χ1v) is 17.6. The molecule has 41 heavy (non-hydrogen) atoms. The van der Waals surface area contributed by atoms with Crippen molar-refractivity contribution < 1.29 is 28.7 Å². The lowest BCUT2D eigenvalue weighted by molar-refractivity contribution is -0.128. The number of nitrogens with one attached hydrogen (secondary N) is 4. The van der Waals surface area contributed by atoms with E-state index in [-0.39, 0.29) is 34.3 Å². The van der Waals surface area contributed by atoms with E-state index in [1.807, 2.05) is 0 Å². The van der Waals surface area contributed by atoms with Crippen LogP contribution in [0.5, 0.6) is 0 Å². The van der Waals surface area contributed by atoms with Crippen molar-refractivity contribution in [3.05, 3.63) is 0 Å². The number of rotatable bonds is 29. The Labute approximate surface area is 264 Å². The maximum atomic E-state index is 12.5. The topological polar surface area (TPSA) is 135 Å². The quantitative estimate of drug-likeness (QED) is 0.0681. The van der Waals surface area contributed by atoms with Crippen LogP contribution in [0.15, 0.2) is 0 Å². The predicted octanol–water partition coefficient (Wildman–Crippen LogP) is 4.12. The van der Waals surface area contributed by atoms with Crippen molar-refractivity contribution in [2.75, 3.05) is 56.7 Å². The van der Waals surface area contributed by atoms with Crippen molar-refractivity contribution in [3.8, 4) is 0 Å². The zero-order chi connectivity index (χ0) is 30.4. The second-order valence-corrected chi connectivity index (χ2v) is 11.2. The number of amides is 4. The molecular weight excluding hydrogens is 660 g/mol. The molecule has 1 atom stereocenters. The smallest absolute Gasteiger partial charge is 0.242 e. The largest absolute Gasteiger partial charge is 0.377 e. The Balaban J connectivity index is 3.67. The number of hydrogen-bond donors (Lipinski definition) is 4. The van der Waals surface area contributed by atoms with E-state index in [1.165, 1.54) is 57.8 Å². The van der Waals surface area contributed by atoms with E-state index in [0.717, 1.165) is 12.8 Å². The molecule has 0 fully saturated rings. The van der Waals surface area contributed by atoms with Crippen molar-refractivity contribution in [1.82, 2.24) is 21.3 Å². The molecule has 0 aliphatic heterocycles. The Bertz CT molecular complexity index is 688. The van der Waals surface area contributed by atoms with Gasteiger partial charge in [0.15, 0.2) is 0 Å². The van der Waals surface area contributed by atoms with Gasteiger partial charge in [-0.3, -0.25) is 19.2 Å². The monoisotopic (exact) mass is 712 g/mol. The van der Waals surface area contributed by atoms with Crippen LogP contribution in [0.4, 0.5) is 0 Å². The molecule has 0 saturated carbocycles. The average Bonchev–Trinajstić information content (AvgIpc) is 2.97. The zero-order valence-corrected chi connectivity index (χ0v) is 28.2. The lowest BCUT2D eigenvalue weighted by Gasteiger charge is -2.18. The normalized spacial score (nSPS) is 11.6. The molecule has 10 nitrogen and oxygen atoms in total. The maximum Gasteiger partial charge on any atom is 0.242 e. The number of halogens is 2. The Morgan fingerprint density at radius 3 is 1.66 bits per heavy atom. The number of alkyl halides is 2. The second-order valence-electron chi connectivity index (χ2n) is 10.0. The first-order valence-electron chi connectivity index (χ1n) is 15.3. The fourth-order valence-corrected chi connectivity index (χ4v) is 4.44. The minimum atomic E-state index is -0.686. The molecule has 0 saturated heterocycles. The molecule has 0 bridgehead atoms. The molecule has 0 unspecified atom stereocenters. The molecule has 0 radical (unpaired) electrons. The van der Waals surface area contributed by atoms with E-state index in [0.29, 0.717) is 65.3 Å². The van der Waals surface area contributed by atoms with Gasteiger partial charge < -0.3 is 30.7 Å². The summed E-state index contributed by atoms with van der Waals surface area (Å²) in [6, 6.07) is -0.686. The Morgan fingerprint density at radius 1 is 0.585 bits per heavy atom. The summed E-state index contributed by atoms with van der Waals surface area (Å²) in [6.45, 7) is 4.95. The maximum absolute atomic E-state index is 12.5. The Kier molecular flexibility index (Phi) is 29.3. The van der Waals surface area contributed by atoms with Gasteiger partial charge in [-0.05, 0) is 19.3 Å². The third-order valence-electron chi connectivity index (χ3n) is 6.38. The van der Waals surface area contributed by atoms with Crippen LogP contribution >= 0.6 is 31.9 Å². The third kappa shape index (κ3) is 27.4. The Morgan fingerprint density at radius 2 is 1.10 bits per heavy atom. The Hall–Kier alpha value is -1.24. The fourth-order valence-electron chi connectivity index (χ4n) is 4.08. The van der Waals surface area contributed by atoms with E-state index in [4.69, 9.17) is 9.47 Å². The number of carbonyl (C=O) groups is 4. The van der Waals surface area contributed by atoms with Crippen molar-refractivity contribution in [2.45, 2.75) is 103 Å². The van der Waals surface area contributed by atoms with E-state index in [9.17, 15) is 19.2 Å². The molecular formula is C29H54Br2N4O6. The summed E-state index contributed by atoms with van der Waals surface area (Å²) >= 11 is 6.16. The fraction of sp³-hybridized carbons (Fsp3) is 0.862. The zero-order valence-electron chi connectivity index (χ0n) is 25.0. The highest BCUT2D eigenvalue weighted by Gasteiger charge is 2.19. The molecule has 0 aliphatic rings. The molecule has 0 aromatic heterocycles. The summed E-state index contributed by atoms with van der Waals surface area (Å²) in [4.78, 5) is 47.4. The van der Waals surface area contributed by atoms with Gasteiger partial charge in [0.05, 0.1) is 37.1 Å². The number of hydrogen-bond acceptors (Lipinski definition) is 6. The van der Waals surface area contributed by atoms with Crippen molar-refractivity contribution >= 4 is 55.5 Å². The summed E-state index contributed by atoms with van der Waals surface area (Å²) in [5.74, 6) is -0.634. The van der Waals surface area contributed by atoms with Gasteiger partial charge in [-0.2, -0.15) is 0 Å². The summed E-state index contributed by atoms with van der Waals surface area (Å²) in [7, 11) is 0. The van der Waals surface area contributed by atoms with Crippen LogP contribution in [0.2, 0.25) is 0 Å². The highest BCUT2D eigenvalue weighted by molar-refractivity contribution is 9.09. The van der Waals surface area contributed by atoms with Crippen LogP contribution in [0, 0.1) is 0 Å². The summed E-state index contributed by atoms with van der Waals surface area (Å²) in [5, 5.41) is 11.4. The van der Waals surface area contributed by atoms with Gasteiger partial charge in [0.25, 0.3) is 0 Å². The first-order chi connectivity index (χ1) is 19.9. The molecule has 0 aromatic rings. The highest BCUT2D eigenvalue weighted by atomic mass is 79.9. The van der Waals surface area contributed by atoms with Crippen molar-refractivity contribution in [1.29, 1.82) is 0 Å². The minimum Gasteiger partial charge on any atom is -0.377 e. The molecule has 0 spiro atoms. The van der Waals surface area contributed by atoms with Gasteiger partial charge in [-0.15, -0.1) is 0 Å². The van der Waals surface area contributed by atoms with E-state index in [1.54, 1.807) is 0 Å². The standard InChI is InChI=1S/C29H54Br2N4O6/c1-2-3-4-5-6-7-8-9-10-11-12-15-26(36)33-17-19-40-21-22-41-20-18-34-29(39)25(35-28(38)24-31)14-13-16-32-27(37)23-30/h25H,2-24H2,1H3,(H,32,37)(H,33,36)(H,34,39)(H,35,38)/t25-/m0/s1. The highest BCUT2D eigenvalue weighted by Crippen LogP contribution is 2.11. The van der Waals surface area contributed by atoms with Gasteiger partial charge in [-0.1, -0.05) is 103 Å². The summed E-state index contributed by atoms with van der Waals surface area (Å²) < 4.78 is 11.0. The number of carbonyl (C=O) groups excluding carboxylic acids is 4. The molecule has 0 heterocycles. The number of unbranched alkanes of at least 4 members (excludes halogenated alkanes) is 10. The van der Waals surface area contributed by atoms with E-state index < -0.39 is 6.04 Å². The van der Waals surface area contributed by atoms with Crippen LogP contribution in [-0.4, -0.2) is 86.4 Å². The van der Waals surface area contributed by atoms with Gasteiger partial charge in [0.2, 0.25) is 23.6 Å². The number of ether oxygens (including phenoxy) is 2.